The summed E-state index contributed by atoms with van der Waals surface area (Å²) >= 11 is 0. The molecule has 0 bridgehead atoms. The second kappa shape index (κ2) is 6.58. The van der Waals surface area contributed by atoms with Crippen molar-refractivity contribution < 1.29 is 4.74 Å². The standard InChI is InChI=1S/C13H26N2O/c1-2-6-14-10-13-11-16-9-8-15(13)7-5-12-3-4-12/h12-14H,2-11H2,1H3. The molecule has 0 radical (unpaired) electrons. The third-order valence-corrected chi connectivity index (χ3v) is 3.68. The van der Waals surface area contributed by atoms with E-state index in [2.05, 4.69) is 17.1 Å². The number of nitrogens with zero attached hydrogens (tertiary/aromatic N) is 1. The van der Waals surface area contributed by atoms with Crippen molar-refractivity contribution >= 4 is 0 Å². The minimum atomic E-state index is 0.610. The molecule has 2 fully saturated rings. The first-order valence-corrected chi connectivity index (χ1v) is 6.92. The first kappa shape index (κ1) is 12.3. The molecule has 2 rings (SSSR count). The van der Waals surface area contributed by atoms with Crippen LogP contribution in [0.5, 0.6) is 0 Å². The first-order valence-electron chi connectivity index (χ1n) is 6.92. The average molecular weight is 226 g/mol. The van der Waals surface area contributed by atoms with Gasteiger partial charge in [-0.1, -0.05) is 19.8 Å². The van der Waals surface area contributed by atoms with Crippen LogP contribution in [-0.2, 0) is 4.74 Å². The van der Waals surface area contributed by atoms with Gasteiger partial charge in [-0.15, -0.1) is 0 Å². The van der Waals surface area contributed by atoms with Crippen LogP contribution in [0.25, 0.3) is 0 Å². The van der Waals surface area contributed by atoms with Crippen molar-refractivity contribution in [2.24, 2.45) is 5.92 Å². The van der Waals surface area contributed by atoms with Crippen LogP contribution >= 0.6 is 0 Å². The lowest BCUT2D eigenvalue weighted by molar-refractivity contribution is -0.00770. The van der Waals surface area contributed by atoms with Crippen molar-refractivity contribution in [1.29, 1.82) is 0 Å². The summed E-state index contributed by atoms with van der Waals surface area (Å²) in [5.74, 6) is 1.05. The molecule has 1 heterocycles. The van der Waals surface area contributed by atoms with Crippen LogP contribution < -0.4 is 5.32 Å². The summed E-state index contributed by atoms with van der Waals surface area (Å²) in [5.41, 5.74) is 0. The van der Waals surface area contributed by atoms with Crippen LogP contribution in [0, 0.1) is 5.92 Å². The molecule has 0 aromatic rings. The summed E-state index contributed by atoms with van der Waals surface area (Å²) in [5, 5.41) is 3.52. The Balaban J connectivity index is 1.67. The van der Waals surface area contributed by atoms with E-state index in [1.165, 1.54) is 32.2 Å². The fourth-order valence-corrected chi connectivity index (χ4v) is 2.37. The first-order chi connectivity index (χ1) is 7.90. The molecule has 1 N–H and O–H groups in total. The zero-order valence-electron chi connectivity index (χ0n) is 10.6. The van der Waals surface area contributed by atoms with Crippen molar-refractivity contribution in [1.82, 2.24) is 10.2 Å². The van der Waals surface area contributed by atoms with E-state index in [4.69, 9.17) is 4.74 Å². The number of morpholine rings is 1. The van der Waals surface area contributed by atoms with Gasteiger partial charge in [0.1, 0.15) is 0 Å². The van der Waals surface area contributed by atoms with Gasteiger partial charge in [-0.3, -0.25) is 4.90 Å². The zero-order valence-corrected chi connectivity index (χ0v) is 10.6. The van der Waals surface area contributed by atoms with Gasteiger partial charge in [0, 0.05) is 19.1 Å². The maximum absolute atomic E-state index is 5.58. The molecule has 1 atom stereocenters. The summed E-state index contributed by atoms with van der Waals surface area (Å²) < 4.78 is 5.58. The van der Waals surface area contributed by atoms with Crippen molar-refractivity contribution in [3.63, 3.8) is 0 Å². The number of nitrogens with one attached hydrogen (secondary N) is 1. The molecule has 1 saturated carbocycles. The van der Waals surface area contributed by atoms with Gasteiger partial charge in [0.15, 0.2) is 0 Å². The molecule has 1 unspecified atom stereocenters. The molecule has 0 aromatic carbocycles. The van der Waals surface area contributed by atoms with Gasteiger partial charge >= 0.3 is 0 Å². The van der Waals surface area contributed by atoms with Crippen molar-refractivity contribution in [2.45, 2.75) is 38.6 Å². The van der Waals surface area contributed by atoms with E-state index < -0.39 is 0 Å². The number of ether oxygens (including phenoxy) is 1. The fraction of sp³-hybridized carbons (Fsp3) is 1.00. The SMILES string of the molecule is CCCNCC1COCCN1CCC1CC1. The van der Waals surface area contributed by atoms with E-state index in [0.717, 1.165) is 38.8 Å². The Morgan fingerprint density at radius 2 is 2.25 bits per heavy atom. The van der Waals surface area contributed by atoms with Crippen LogP contribution in [0.1, 0.15) is 32.6 Å². The highest BCUT2D eigenvalue weighted by Gasteiger charge is 2.26. The van der Waals surface area contributed by atoms with E-state index in [1.54, 1.807) is 0 Å². The molecule has 1 saturated heterocycles. The lowest BCUT2D eigenvalue weighted by Crippen LogP contribution is -2.50. The van der Waals surface area contributed by atoms with Crippen LogP contribution in [0.15, 0.2) is 0 Å². The van der Waals surface area contributed by atoms with E-state index >= 15 is 0 Å². The molecule has 0 spiro atoms. The molecular weight excluding hydrogens is 200 g/mol. The molecular formula is C13H26N2O. The lowest BCUT2D eigenvalue weighted by atomic mass is 10.2. The van der Waals surface area contributed by atoms with Crippen LogP contribution in [0.4, 0.5) is 0 Å². The van der Waals surface area contributed by atoms with Crippen LogP contribution in [0.3, 0.4) is 0 Å². The largest absolute Gasteiger partial charge is 0.378 e. The molecule has 1 aliphatic heterocycles. The zero-order chi connectivity index (χ0) is 11.2. The van der Waals surface area contributed by atoms with Gasteiger partial charge in [-0.25, -0.2) is 0 Å². The third kappa shape index (κ3) is 4.04. The number of hydrogen-bond acceptors (Lipinski definition) is 3. The van der Waals surface area contributed by atoms with Gasteiger partial charge in [0.25, 0.3) is 0 Å². The van der Waals surface area contributed by atoms with Gasteiger partial charge in [-0.2, -0.15) is 0 Å². The molecule has 94 valence electrons. The van der Waals surface area contributed by atoms with Crippen molar-refractivity contribution in [3.8, 4) is 0 Å². The average Bonchev–Trinajstić information content (AvgIpc) is 3.12. The monoisotopic (exact) mass is 226 g/mol. The van der Waals surface area contributed by atoms with E-state index in [1.807, 2.05) is 0 Å². The Kier molecular flexibility index (Phi) is 5.07. The smallest absolute Gasteiger partial charge is 0.0634 e. The Hall–Kier alpha value is -0.120. The van der Waals surface area contributed by atoms with Gasteiger partial charge in [-0.05, 0) is 31.8 Å². The molecule has 2 aliphatic rings. The summed E-state index contributed by atoms with van der Waals surface area (Å²) in [4.78, 5) is 2.63. The Morgan fingerprint density at radius 3 is 3.00 bits per heavy atom. The Bertz CT molecular complexity index is 194. The second-order valence-corrected chi connectivity index (χ2v) is 5.20. The van der Waals surface area contributed by atoms with Gasteiger partial charge < -0.3 is 10.1 Å². The predicted molar refractivity (Wildman–Crippen MR) is 66.7 cm³/mol. The molecule has 3 heteroatoms. The highest BCUT2D eigenvalue weighted by atomic mass is 16.5. The van der Waals surface area contributed by atoms with Gasteiger partial charge in [0.2, 0.25) is 0 Å². The second-order valence-electron chi connectivity index (χ2n) is 5.20. The summed E-state index contributed by atoms with van der Waals surface area (Å²) in [7, 11) is 0. The maximum Gasteiger partial charge on any atom is 0.0634 e. The number of rotatable bonds is 7. The maximum atomic E-state index is 5.58. The Morgan fingerprint density at radius 1 is 1.38 bits per heavy atom. The van der Waals surface area contributed by atoms with E-state index in [-0.39, 0.29) is 0 Å². The Labute approximate surface area is 99.5 Å². The highest BCUT2D eigenvalue weighted by Crippen LogP contribution is 2.32. The summed E-state index contributed by atoms with van der Waals surface area (Å²) in [6.45, 7) is 8.70. The van der Waals surface area contributed by atoms with Crippen LogP contribution in [-0.4, -0.2) is 50.3 Å². The minimum absolute atomic E-state index is 0.610. The molecule has 0 aromatic heterocycles. The van der Waals surface area contributed by atoms with Crippen molar-refractivity contribution in [3.05, 3.63) is 0 Å². The third-order valence-electron chi connectivity index (χ3n) is 3.68. The lowest BCUT2D eigenvalue weighted by Gasteiger charge is -2.35. The molecule has 3 nitrogen and oxygen atoms in total. The molecule has 1 aliphatic carbocycles. The predicted octanol–water partition coefficient (Wildman–Crippen LogP) is 1.49. The topological polar surface area (TPSA) is 24.5 Å². The quantitative estimate of drug-likeness (QED) is 0.666. The van der Waals surface area contributed by atoms with Crippen LogP contribution in [0.2, 0.25) is 0 Å². The molecule has 16 heavy (non-hydrogen) atoms. The summed E-state index contributed by atoms with van der Waals surface area (Å²) in [6.07, 6.45) is 5.58. The number of hydrogen-bond donors (Lipinski definition) is 1. The fourth-order valence-electron chi connectivity index (χ4n) is 2.37. The van der Waals surface area contributed by atoms with Crippen molar-refractivity contribution in [2.75, 3.05) is 39.4 Å². The molecule has 0 amide bonds. The normalized spacial score (nSPS) is 27.2. The van der Waals surface area contributed by atoms with E-state index in [0.29, 0.717) is 6.04 Å². The van der Waals surface area contributed by atoms with E-state index in [9.17, 15) is 0 Å². The minimum Gasteiger partial charge on any atom is -0.378 e. The summed E-state index contributed by atoms with van der Waals surface area (Å²) in [6, 6.07) is 0.610. The van der Waals surface area contributed by atoms with Gasteiger partial charge in [0.05, 0.1) is 13.2 Å². The highest BCUT2D eigenvalue weighted by molar-refractivity contribution is 4.80.